The molecule has 0 saturated heterocycles. The molecule has 6 heteroatoms. The summed E-state index contributed by atoms with van der Waals surface area (Å²) in [6.45, 7) is 10.8. The lowest BCUT2D eigenvalue weighted by Crippen LogP contribution is -2.08. The molecule has 0 aliphatic carbocycles. The fourth-order valence-electron chi connectivity index (χ4n) is 4.74. The SMILES string of the molecule is CC(C)c1cc(-c2ncnc3c2sc2cc(CC(C)(C)C)ccc23)cc2cc(C(F)(F)F)ccc12. The molecule has 3 aromatic carbocycles. The molecule has 0 amide bonds. The summed E-state index contributed by atoms with van der Waals surface area (Å²) in [5, 5.41) is 2.49. The van der Waals surface area contributed by atoms with Crippen molar-refractivity contribution in [2.24, 2.45) is 5.41 Å². The van der Waals surface area contributed by atoms with Gasteiger partial charge in [0.15, 0.2) is 0 Å². The number of benzene rings is 3. The number of aromatic nitrogens is 2. The highest BCUT2D eigenvalue weighted by Gasteiger charge is 2.30. The lowest BCUT2D eigenvalue weighted by Gasteiger charge is -2.17. The summed E-state index contributed by atoms with van der Waals surface area (Å²) in [5.74, 6) is 0.147. The van der Waals surface area contributed by atoms with Crippen LogP contribution in [0.15, 0.2) is 54.9 Å². The summed E-state index contributed by atoms with van der Waals surface area (Å²) in [6, 6.07) is 14.4. The number of hydrogen-bond donors (Lipinski definition) is 0. The van der Waals surface area contributed by atoms with Crippen molar-refractivity contribution in [3.8, 4) is 11.3 Å². The Morgan fingerprint density at radius 2 is 1.63 bits per heavy atom. The van der Waals surface area contributed by atoms with E-state index in [1.807, 2.05) is 6.07 Å². The van der Waals surface area contributed by atoms with Gasteiger partial charge < -0.3 is 0 Å². The lowest BCUT2D eigenvalue weighted by molar-refractivity contribution is -0.137. The molecule has 2 nitrogen and oxygen atoms in total. The first-order chi connectivity index (χ1) is 16.4. The van der Waals surface area contributed by atoms with Gasteiger partial charge in [0.1, 0.15) is 6.33 Å². The zero-order valence-corrected chi connectivity index (χ0v) is 21.2. The summed E-state index contributed by atoms with van der Waals surface area (Å²) in [4.78, 5) is 9.19. The van der Waals surface area contributed by atoms with Crippen molar-refractivity contribution in [1.29, 1.82) is 0 Å². The van der Waals surface area contributed by atoms with Crippen LogP contribution in [-0.2, 0) is 12.6 Å². The predicted molar refractivity (Wildman–Crippen MR) is 140 cm³/mol. The van der Waals surface area contributed by atoms with Crippen LogP contribution in [0.3, 0.4) is 0 Å². The highest BCUT2D eigenvalue weighted by atomic mass is 32.1. The maximum atomic E-state index is 13.4. The van der Waals surface area contributed by atoms with Gasteiger partial charge in [0, 0.05) is 15.6 Å². The van der Waals surface area contributed by atoms with Crippen LogP contribution < -0.4 is 0 Å². The standard InChI is InChI=1S/C29H27F3N2S/c1-16(2)23-13-19(11-18-12-20(29(30,31)32)7-9-21(18)23)25-27-26(34-15-33-25)22-8-6-17(10-24(22)35-27)14-28(3,4)5/h6-13,15-16H,14H2,1-5H3. The smallest absolute Gasteiger partial charge is 0.235 e. The molecule has 35 heavy (non-hydrogen) atoms. The highest BCUT2D eigenvalue weighted by Crippen LogP contribution is 2.41. The molecule has 0 atom stereocenters. The molecule has 0 radical (unpaired) electrons. The second-order valence-electron chi connectivity index (χ2n) is 10.7. The van der Waals surface area contributed by atoms with Gasteiger partial charge >= 0.3 is 6.18 Å². The van der Waals surface area contributed by atoms with Crippen molar-refractivity contribution < 1.29 is 13.2 Å². The third-order valence-corrected chi connectivity index (χ3v) is 7.41. The van der Waals surface area contributed by atoms with Crippen LogP contribution in [0.5, 0.6) is 0 Å². The normalized spacial score (nSPS) is 12.9. The van der Waals surface area contributed by atoms with Crippen molar-refractivity contribution in [3.63, 3.8) is 0 Å². The molecular weight excluding hydrogens is 465 g/mol. The first-order valence-corrected chi connectivity index (χ1v) is 12.5. The van der Waals surface area contributed by atoms with Crippen LogP contribution >= 0.6 is 11.3 Å². The Hall–Kier alpha value is -2.99. The monoisotopic (exact) mass is 492 g/mol. The fraction of sp³-hybridized carbons (Fsp3) is 0.310. The Kier molecular flexibility index (Phi) is 5.63. The van der Waals surface area contributed by atoms with Gasteiger partial charge in [0.25, 0.3) is 0 Å². The number of thiophene rings is 1. The highest BCUT2D eigenvalue weighted by molar-refractivity contribution is 7.26. The molecule has 0 unspecified atom stereocenters. The summed E-state index contributed by atoms with van der Waals surface area (Å²) in [7, 11) is 0. The third kappa shape index (κ3) is 4.52. The number of alkyl halides is 3. The molecular formula is C29H27F3N2S. The van der Waals surface area contributed by atoms with E-state index in [0.717, 1.165) is 55.0 Å². The van der Waals surface area contributed by atoms with E-state index in [4.69, 9.17) is 0 Å². The van der Waals surface area contributed by atoms with E-state index in [0.29, 0.717) is 5.39 Å². The Balaban J connectivity index is 1.73. The zero-order chi connectivity index (χ0) is 25.1. The van der Waals surface area contributed by atoms with Crippen molar-refractivity contribution in [3.05, 3.63) is 71.5 Å². The van der Waals surface area contributed by atoms with Crippen LogP contribution in [0.4, 0.5) is 13.2 Å². The first kappa shape index (κ1) is 23.7. The minimum atomic E-state index is -4.39. The van der Waals surface area contributed by atoms with Gasteiger partial charge in [-0.3, -0.25) is 0 Å². The van der Waals surface area contributed by atoms with Crippen LogP contribution in [0, 0.1) is 5.41 Å². The molecule has 0 saturated carbocycles. The summed E-state index contributed by atoms with van der Waals surface area (Å²) < 4.78 is 42.4. The first-order valence-electron chi connectivity index (χ1n) is 11.7. The van der Waals surface area contributed by atoms with E-state index in [9.17, 15) is 13.2 Å². The number of rotatable bonds is 3. The molecule has 0 fully saturated rings. The van der Waals surface area contributed by atoms with Crippen LogP contribution in [-0.4, -0.2) is 9.97 Å². The minimum absolute atomic E-state index is 0.147. The Morgan fingerprint density at radius 3 is 2.31 bits per heavy atom. The molecule has 0 aliphatic heterocycles. The van der Waals surface area contributed by atoms with E-state index in [-0.39, 0.29) is 11.3 Å². The van der Waals surface area contributed by atoms with Gasteiger partial charge in [-0.1, -0.05) is 52.8 Å². The van der Waals surface area contributed by atoms with Crippen LogP contribution in [0.2, 0.25) is 0 Å². The molecule has 5 rings (SSSR count). The van der Waals surface area contributed by atoms with Crippen LogP contribution in [0.25, 0.3) is 42.3 Å². The van der Waals surface area contributed by atoms with Crippen molar-refractivity contribution in [1.82, 2.24) is 9.97 Å². The molecule has 0 N–H and O–H groups in total. The molecule has 180 valence electrons. The molecule has 5 aromatic rings. The number of nitrogens with zero attached hydrogens (tertiary/aromatic N) is 2. The Labute approximate surface area is 206 Å². The second-order valence-corrected chi connectivity index (χ2v) is 11.8. The Morgan fingerprint density at radius 1 is 0.886 bits per heavy atom. The van der Waals surface area contributed by atoms with Gasteiger partial charge in [0.05, 0.1) is 21.5 Å². The average molecular weight is 493 g/mol. The number of hydrogen-bond acceptors (Lipinski definition) is 3. The average Bonchev–Trinajstić information content (AvgIpc) is 3.13. The molecule has 0 spiro atoms. The van der Waals surface area contributed by atoms with Crippen molar-refractivity contribution >= 4 is 42.4 Å². The van der Waals surface area contributed by atoms with Crippen molar-refractivity contribution in [2.45, 2.75) is 53.1 Å². The van der Waals surface area contributed by atoms with Gasteiger partial charge in [-0.25, -0.2) is 9.97 Å². The van der Waals surface area contributed by atoms with Gasteiger partial charge in [-0.05, 0) is 70.0 Å². The van der Waals surface area contributed by atoms with E-state index in [1.54, 1.807) is 23.7 Å². The maximum absolute atomic E-state index is 13.4. The van der Waals surface area contributed by atoms with Crippen LogP contribution in [0.1, 0.15) is 57.2 Å². The summed E-state index contributed by atoms with van der Waals surface area (Å²) in [5.41, 5.74) is 4.28. The van der Waals surface area contributed by atoms with E-state index >= 15 is 0 Å². The third-order valence-electron chi connectivity index (χ3n) is 6.26. The molecule has 0 aliphatic rings. The summed E-state index contributed by atoms with van der Waals surface area (Å²) >= 11 is 1.65. The van der Waals surface area contributed by atoms with Gasteiger partial charge in [-0.15, -0.1) is 11.3 Å². The fourth-order valence-corrected chi connectivity index (χ4v) is 5.97. The van der Waals surface area contributed by atoms with Crippen molar-refractivity contribution in [2.75, 3.05) is 0 Å². The lowest BCUT2D eigenvalue weighted by atomic mass is 9.88. The molecule has 2 heterocycles. The molecule has 0 bridgehead atoms. The van der Waals surface area contributed by atoms with E-state index in [2.05, 4.69) is 68.9 Å². The quantitative estimate of drug-likeness (QED) is 0.251. The van der Waals surface area contributed by atoms with E-state index < -0.39 is 11.7 Å². The second kappa shape index (κ2) is 8.30. The summed E-state index contributed by atoms with van der Waals surface area (Å²) in [6.07, 6.45) is -1.86. The van der Waals surface area contributed by atoms with E-state index in [1.165, 1.54) is 11.6 Å². The largest absolute Gasteiger partial charge is 0.416 e. The van der Waals surface area contributed by atoms with Gasteiger partial charge in [0.2, 0.25) is 0 Å². The zero-order valence-electron chi connectivity index (χ0n) is 20.4. The topological polar surface area (TPSA) is 25.8 Å². The maximum Gasteiger partial charge on any atom is 0.416 e. The predicted octanol–water partition coefficient (Wildman–Crippen LogP) is 9.40. The Bertz CT molecular complexity index is 1570. The van der Waals surface area contributed by atoms with Gasteiger partial charge in [-0.2, -0.15) is 13.2 Å². The number of fused-ring (bicyclic) bond motifs is 4. The molecule has 2 aromatic heterocycles. The number of halogens is 3. The minimum Gasteiger partial charge on any atom is -0.235 e.